The lowest BCUT2D eigenvalue weighted by Gasteiger charge is -2.38. The first-order valence-corrected chi connectivity index (χ1v) is 6.58. The van der Waals surface area contributed by atoms with Gasteiger partial charge in [-0.3, -0.25) is 0 Å². The molecule has 1 fully saturated rings. The lowest BCUT2D eigenvalue weighted by molar-refractivity contribution is 0.243. The first kappa shape index (κ1) is 12.4. The third-order valence-electron chi connectivity index (χ3n) is 3.75. The number of nitrogens with zero attached hydrogens (tertiary/aromatic N) is 1. The fourth-order valence-corrected chi connectivity index (χ4v) is 2.78. The van der Waals surface area contributed by atoms with Crippen LogP contribution in [0, 0.1) is 12.3 Å². The third kappa shape index (κ3) is 3.22. The smallest absolute Gasteiger partial charge is 0.0366 e. The number of piperidine rings is 1. The van der Waals surface area contributed by atoms with Gasteiger partial charge in [-0.1, -0.05) is 19.1 Å². The molecule has 0 amide bonds. The van der Waals surface area contributed by atoms with Crippen molar-refractivity contribution >= 4 is 5.69 Å². The van der Waals surface area contributed by atoms with E-state index in [0.717, 1.165) is 13.1 Å². The second-order valence-corrected chi connectivity index (χ2v) is 5.79. The highest BCUT2D eigenvalue weighted by Gasteiger charge is 2.28. The molecule has 94 valence electrons. The molecule has 1 saturated heterocycles. The largest absolute Gasteiger partial charge is 0.374 e. The zero-order chi connectivity index (χ0) is 12.3. The van der Waals surface area contributed by atoms with E-state index >= 15 is 0 Å². The topological polar surface area (TPSA) is 15.3 Å². The lowest BCUT2D eigenvalue weighted by atomic mass is 9.82. The van der Waals surface area contributed by atoms with Gasteiger partial charge in [-0.25, -0.2) is 0 Å². The minimum atomic E-state index is 0.413. The molecule has 1 aliphatic rings. The van der Waals surface area contributed by atoms with Crippen molar-refractivity contribution in [1.29, 1.82) is 0 Å². The maximum Gasteiger partial charge on any atom is 0.0366 e. The van der Waals surface area contributed by atoms with Crippen LogP contribution in [0.15, 0.2) is 24.3 Å². The molecule has 0 bridgehead atoms. The Morgan fingerprint density at radius 2 is 2.24 bits per heavy atom. The molecule has 0 aliphatic carbocycles. The van der Waals surface area contributed by atoms with Crippen molar-refractivity contribution in [2.45, 2.75) is 26.7 Å². The van der Waals surface area contributed by atoms with E-state index in [0.29, 0.717) is 5.41 Å². The van der Waals surface area contributed by atoms with E-state index < -0.39 is 0 Å². The Labute approximate surface area is 105 Å². The molecule has 0 aromatic heterocycles. The quantitative estimate of drug-likeness (QED) is 0.862. The average molecular weight is 232 g/mol. The van der Waals surface area contributed by atoms with Gasteiger partial charge < -0.3 is 10.2 Å². The predicted molar refractivity (Wildman–Crippen MR) is 74.7 cm³/mol. The van der Waals surface area contributed by atoms with Gasteiger partial charge in [-0.15, -0.1) is 0 Å². The Kier molecular flexibility index (Phi) is 3.72. The number of rotatable bonds is 3. The summed E-state index contributed by atoms with van der Waals surface area (Å²) in [5.74, 6) is 0. The lowest BCUT2D eigenvalue weighted by Crippen LogP contribution is -2.44. The van der Waals surface area contributed by atoms with Gasteiger partial charge >= 0.3 is 0 Å². The zero-order valence-electron chi connectivity index (χ0n) is 11.3. The van der Waals surface area contributed by atoms with Gasteiger partial charge in [-0.2, -0.15) is 0 Å². The SMILES string of the molecule is Cc1cccc(N(C)CC2(C)CCCNC2)c1. The summed E-state index contributed by atoms with van der Waals surface area (Å²) < 4.78 is 0. The molecule has 1 unspecified atom stereocenters. The summed E-state index contributed by atoms with van der Waals surface area (Å²) in [6.07, 6.45) is 2.63. The number of benzene rings is 1. The summed E-state index contributed by atoms with van der Waals surface area (Å²) in [5, 5.41) is 3.52. The fourth-order valence-electron chi connectivity index (χ4n) is 2.78. The molecule has 1 heterocycles. The van der Waals surface area contributed by atoms with Gasteiger partial charge in [0.2, 0.25) is 0 Å². The molecule has 1 aromatic carbocycles. The molecule has 17 heavy (non-hydrogen) atoms. The molecule has 0 spiro atoms. The zero-order valence-corrected chi connectivity index (χ0v) is 11.3. The van der Waals surface area contributed by atoms with Gasteiger partial charge in [0.25, 0.3) is 0 Å². The molecule has 1 aliphatic heterocycles. The van der Waals surface area contributed by atoms with Crippen LogP contribution >= 0.6 is 0 Å². The Morgan fingerprint density at radius 3 is 2.88 bits per heavy atom. The van der Waals surface area contributed by atoms with E-state index in [1.165, 1.54) is 30.6 Å². The highest BCUT2D eigenvalue weighted by molar-refractivity contribution is 5.47. The third-order valence-corrected chi connectivity index (χ3v) is 3.75. The van der Waals surface area contributed by atoms with Gasteiger partial charge in [0, 0.05) is 25.8 Å². The van der Waals surface area contributed by atoms with Gasteiger partial charge in [0.1, 0.15) is 0 Å². The Bertz CT molecular complexity index is 367. The second-order valence-electron chi connectivity index (χ2n) is 5.79. The van der Waals surface area contributed by atoms with Crippen LogP contribution in [0.1, 0.15) is 25.3 Å². The number of hydrogen-bond acceptors (Lipinski definition) is 2. The summed E-state index contributed by atoms with van der Waals surface area (Å²) in [7, 11) is 2.20. The van der Waals surface area contributed by atoms with Gasteiger partial charge in [0.15, 0.2) is 0 Å². The number of aryl methyl sites for hydroxylation is 1. The van der Waals surface area contributed by atoms with E-state index in [2.05, 4.69) is 55.4 Å². The van der Waals surface area contributed by atoms with Crippen LogP contribution in [0.5, 0.6) is 0 Å². The Hall–Kier alpha value is -1.02. The van der Waals surface area contributed by atoms with Crippen molar-refractivity contribution in [3.05, 3.63) is 29.8 Å². The van der Waals surface area contributed by atoms with Gasteiger partial charge in [0.05, 0.1) is 0 Å². The Morgan fingerprint density at radius 1 is 1.41 bits per heavy atom. The van der Waals surface area contributed by atoms with Crippen LogP contribution in [-0.4, -0.2) is 26.7 Å². The first-order valence-electron chi connectivity index (χ1n) is 6.58. The molecule has 2 nitrogen and oxygen atoms in total. The standard InChI is InChI=1S/C15H24N2/c1-13-6-4-7-14(10-13)17(3)12-15(2)8-5-9-16-11-15/h4,6-7,10,16H,5,8-9,11-12H2,1-3H3. The summed E-state index contributed by atoms with van der Waals surface area (Å²) in [5.41, 5.74) is 3.08. The summed E-state index contributed by atoms with van der Waals surface area (Å²) >= 11 is 0. The Balaban J connectivity index is 2.03. The summed E-state index contributed by atoms with van der Waals surface area (Å²) in [6, 6.07) is 8.76. The van der Waals surface area contributed by atoms with E-state index in [4.69, 9.17) is 0 Å². The van der Waals surface area contributed by atoms with Crippen molar-refractivity contribution < 1.29 is 0 Å². The number of hydrogen-bond donors (Lipinski definition) is 1. The van der Waals surface area contributed by atoms with E-state index in [1.807, 2.05) is 0 Å². The van der Waals surface area contributed by atoms with E-state index in [-0.39, 0.29) is 0 Å². The molecule has 1 atom stereocenters. The van der Waals surface area contributed by atoms with E-state index in [1.54, 1.807) is 0 Å². The first-order chi connectivity index (χ1) is 8.09. The van der Waals surface area contributed by atoms with Crippen molar-refractivity contribution in [1.82, 2.24) is 5.32 Å². The van der Waals surface area contributed by atoms with Crippen LogP contribution in [0.25, 0.3) is 0 Å². The second kappa shape index (κ2) is 5.09. The average Bonchev–Trinajstić information content (AvgIpc) is 2.29. The van der Waals surface area contributed by atoms with Crippen LogP contribution in [-0.2, 0) is 0 Å². The van der Waals surface area contributed by atoms with Crippen LogP contribution < -0.4 is 10.2 Å². The minimum absolute atomic E-state index is 0.413. The highest BCUT2D eigenvalue weighted by Crippen LogP contribution is 2.28. The minimum Gasteiger partial charge on any atom is -0.374 e. The molecule has 0 radical (unpaired) electrons. The normalized spacial score (nSPS) is 24.6. The van der Waals surface area contributed by atoms with Crippen LogP contribution in [0.3, 0.4) is 0 Å². The number of anilines is 1. The van der Waals surface area contributed by atoms with Crippen LogP contribution in [0.2, 0.25) is 0 Å². The van der Waals surface area contributed by atoms with Crippen molar-refractivity contribution in [3.63, 3.8) is 0 Å². The van der Waals surface area contributed by atoms with Crippen molar-refractivity contribution in [3.8, 4) is 0 Å². The molecular weight excluding hydrogens is 208 g/mol. The van der Waals surface area contributed by atoms with Crippen LogP contribution in [0.4, 0.5) is 5.69 Å². The summed E-state index contributed by atoms with van der Waals surface area (Å²) in [4.78, 5) is 2.39. The maximum atomic E-state index is 3.52. The van der Waals surface area contributed by atoms with Gasteiger partial charge in [-0.05, 0) is 49.4 Å². The fraction of sp³-hybridized carbons (Fsp3) is 0.600. The van der Waals surface area contributed by atoms with Crippen molar-refractivity contribution in [2.75, 3.05) is 31.6 Å². The molecule has 1 N–H and O–H groups in total. The number of nitrogens with one attached hydrogen (secondary N) is 1. The monoisotopic (exact) mass is 232 g/mol. The van der Waals surface area contributed by atoms with Crippen molar-refractivity contribution in [2.24, 2.45) is 5.41 Å². The summed E-state index contributed by atoms with van der Waals surface area (Å²) in [6.45, 7) is 8.00. The van der Waals surface area contributed by atoms with E-state index in [9.17, 15) is 0 Å². The predicted octanol–water partition coefficient (Wildman–Crippen LogP) is 2.82. The molecule has 0 saturated carbocycles. The highest BCUT2D eigenvalue weighted by atomic mass is 15.1. The molecular formula is C15H24N2. The molecule has 1 aromatic rings. The maximum absolute atomic E-state index is 3.52. The molecule has 2 rings (SSSR count). The molecule has 2 heteroatoms.